The number of hydrogen-bond acceptors (Lipinski definition) is 3. The summed E-state index contributed by atoms with van der Waals surface area (Å²) in [5.41, 5.74) is 0. The minimum Gasteiger partial charge on any atom is -0.357 e. The number of hydrogen-bond donors (Lipinski definition) is 0. The Morgan fingerprint density at radius 3 is 3.14 bits per heavy atom. The van der Waals surface area contributed by atoms with Gasteiger partial charge in [-0.1, -0.05) is 6.92 Å². The fourth-order valence-corrected chi connectivity index (χ4v) is 2.26. The van der Waals surface area contributed by atoms with E-state index in [1.807, 2.05) is 0 Å². The first-order chi connectivity index (χ1) is 6.90. The Labute approximate surface area is 86.3 Å². The van der Waals surface area contributed by atoms with Crippen LogP contribution in [0.3, 0.4) is 0 Å². The van der Waals surface area contributed by atoms with Crippen LogP contribution in [0.5, 0.6) is 0 Å². The van der Waals surface area contributed by atoms with Gasteiger partial charge in [0.15, 0.2) is 0 Å². The molecule has 0 radical (unpaired) electrons. The zero-order valence-corrected chi connectivity index (χ0v) is 8.98. The second-order valence-electron chi connectivity index (χ2n) is 4.09. The van der Waals surface area contributed by atoms with E-state index in [4.69, 9.17) is 4.74 Å². The predicted octanol–water partition coefficient (Wildman–Crippen LogP) is 1.27. The minimum atomic E-state index is 0.667. The monoisotopic (exact) mass is 196 g/mol. The van der Waals surface area contributed by atoms with Crippen molar-refractivity contribution in [3.63, 3.8) is 0 Å². The van der Waals surface area contributed by atoms with Crippen molar-refractivity contribution < 1.29 is 4.74 Å². The average molecular weight is 196 g/mol. The largest absolute Gasteiger partial charge is 0.357 e. The van der Waals surface area contributed by atoms with E-state index in [1.54, 1.807) is 0 Å². The summed E-state index contributed by atoms with van der Waals surface area (Å²) in [5, 5.41) is 0. The summed E-state index contributed by atoms with van der Waals surface area (Å²) in [6, 6.07) is 0.667. The Bertz CT molecular complexity index is 205. The maximum atomic E-state index is 5.42. The highest BCUT2D eigenvalue weighted by Crippen LogP contribution is 2.17. The lowest BCUT2D eigenvalue weighted by molar-refractivity contribution is 0.0124. The molecule has 0 spiro atoms. The van der Waals surface area contributed by atoms with Gasteiger partial charge in [0.25, 0.3) is 0 Å². The Hall–Kier alpha value is -0.540. The Kier molecular flexibility index (Phi) is 3.43. The molecule has 0 N–H and O–H groups in total. The smallest absolute Gasteiger partial charge is 0.119 e. The van der Waals surface area contributed by atoms with Crippen LogP contribution >= 0.6 is 0 Å². The molecule has 1 unspecified atom stereocenters. The Morgan fingerprint density at radius 2 is 2.43 bits per heavy atom. The molecular weight excluding hydrogens is 176 g/mol. The molecule has 0 aromatic heterocycles. The van der Waals surface area contributed by atoms with Gasteiger partial charge in [0.2, 0.25) is 0 Å². The highest BCUT2D eigenvalue weighted by molar-refractivity contribution is 4.91. The molecule has 2 aliphatic rings. The second kappa shape index (κ2) is 4.80. The Morgan fingerprint density at radius 1 is 1.50 bits per heavy atom. The molecule has 3 nitrogen and oxygen atoms in total. The average Bonchev–Trinajstić information content (AvgIpc) is 2.30. The van der Waals surface area contributed by atoms with E-state index >= 15 is 0 Å². The number of piperidine rings is 1. The lowest BCUT2D eigenvalue weighted by Crippen LogP contribution is -2.47. The number of likely N-dealkylation sites (N-methyl/N-ethyl adjacent to an activating group) is 1. The molecule has 0 saturated carbocycles. The summed E-state index contributed by atoms with van der Waals surface area (Å²) >= 11 is 0. The molecule has 0 aliphatic carbocycles. The maximum Gasteiger partial charge on any atom is 0.119 e. The zero-order chi connectivity index (χ0) is 9.80. The van der Waals surface area contributed by atoms with E-state index in [9.17, 15) is 0 Å². The second-order valence-corrected chi connectivity index (χ2v) is 4.09. The van der Waals surface area contributed by atoms with Crippen LogP contribution in [0.25, 0.3) is 0 Å². The van der Waals surface area contributed by atoms with Crippen molar-refractivity contribution in [3.05, 3.63) is 12.3 Å². The highest BCUT2D eigenvalue weighted by Gasteiger charge is 2.23. The van der Waals surface area contributed by atoms with Gasteiger partial charge in [-0.15, -0.1) is 0 Å². The topological polar surface area (TPSA) is 15.7 Å². The van der Waals surface area contributed by atoms with Crippen molar-refractivity contribution in [2.24, 2.45) is 0 Å². The standard InChI is InChI=1S/C11H20N2O/c1-2-12-6-3-5-11(9-12)13-7-4-8-14-10-13/h4,7,11H,2-3,5-6,8-10H2,1H3. The number of likely N-dealkylation sites (tertiary alicyclic amines) is 1. The summed E-state index contributed by atoms with van der Waals surface area (Å²) in [4.78, 5) is 4.86. The van der Waals surface area contributed by atoms with Crippen LogP contribution in [0.1, 0.15) is 19.8 Å². The van der Waals surface area contributed by atoms with Crippen LogP contribution in [0.2, 0.25) is 0 Å². The first-order valence-electron chi connectivity index (χ1n) is 5.62. The van der Waals surface area contributed by atoms with E-state index < -0.39 is 0 Å². The molecule has 0 bridgehead atoms. The molecule has 2 rings (SSSR count). The van der Waals surface area contributed by atoms with Crippen LogP contribution in [-0.2, 0) is 4.74 Å². The lowest BCUT2D eigenvalue weighted by atomic mass is 10.0. The van der Waals surface area contributed by atoms with Gasteiger partial charge >= 0.3 is 0 Å². The lowest BCUT2D eigenvalue weighted by Gasteiger charge is -2.39. The molecular formula is C11H20N2O. The van der Waals surface area contributed by atoms with Crippen LogP contribution in [-0.4, -0.2) is 48.8 Å². The summed E-state index contributed by atoms with van der Waals surface area (Å²) in [6.45, 7) is 7.44. The first kappa shape index (κ1) is 9.99. The normalized spacial score (nSPS) is 29.5. The van der Waals surface area contributed by atoms with E-state index in [0.29, 0.717) is 6.04 Å². The molecule has 1 atom stereocenters. The molecule has 0 amide bonds. The molecule has 14 heavy (non-hydrogen) atoms. The van der Waals surface area contributed by atoms with Crippen molar-refractivity contribution in [2.75, 3.05) is 33.0 Å². The van der Waals surface area contributed by atoms with E-state index in [2.05, 4.69) is 29.0 Å². The van der Waals surface area contributed by atoms with Gasteiger partial charge in [-0.25, -0.2) is 0 Å². The van der Waals surface area contributed by atoms with Crippen LogP contribution in [0, 0.1) is 0 Å². The first-order valence-corrected chi connectivity index (χ1v) is 5.62. The zero-order valence-electron chi connectivity index (χ0n) is 8.98. The van der Waals surface area contributed by atoms with Gasteiger partial charge in [0, 0.05) is 12.6 Å². The molecule has 2 heterocycles. The van der Waals surface area contributed by atoms with Crippen LogP contribution < -0.4 is 0 Å². The quantitative estimate of drug-likeness (QED) is 0.661. The van der Waals surface area contributed by atoms with E-state index in [-0.39, 0.29) is 0 Å². The van der Waals surface area contributed by atoms with Crippen LogP contribution in [0.4, 0.5) is 0 Å². The SMILES string of the molecule is CCN1CCCC(N2C=CCOC2)C1. The predicted molar refractivity (Wildman–Crippen MR) is 56.9 cm³/mol. The maximum absolute atomic E-state index is 5.42. The summed E-state index contributed by atoms with van der Waals surface area (Å²) in [7, 11) is 0. The molecule has 1 saturated heterocycles. The third-order valence-corrected chi connectivity index (χ3v) is 3.15. The molecule has 0 aromatic carbocycles. The minimum absolute atomic E-state index is 0.667. The molecule has 1 fully saturated rings. The van der Waals surface area contributed by atoms with Crippen molar-refractivity contribution in [2.45, 2.75) is 25.8 Å². The summed E-state index contributed by atoms with van der Waals surface area (Å²) < 4.78 is 5.42. The van der Waals surface area contributed by atoms with Gasteiger partial charge < -0.3 is 14.5 Å². The van der Waals surface area contributed by atoms with Crippen molar-refractivity contribution in [1.29, 1.82) is 0 Å². The van der Waals surface area contributed by atoms with Gasteiger partial charge in [0.1, 0.15) is 6.73 Å². The Balaban J connectivity index is 1.89. The van der Waals surface area contributed by atoms with E-state index in [1.165, 1.54) is 32.5 Å². The van der Waals surface area contributed by atoms with Gasteiger partial charge in [-0.05, 0) is 38.2 Å². The number of nitrogens with zero attached hydrogens (tertiary/aromatic N) is 2. The van der Waals surface area contributed by atoms with Gasteiger partial charge in [0.05, 0.1) is 6.61 Å². The fraction of sp³-hybridized carbons (Fsp3) is 0.818. The number of ether oxygens (including phenoxy) is 1. The molecule has 80 valence electrons. The van der Waals surface area contributed by atoms with E-state index in [0.717, 1.165) is 13.3 Å². The van der Waals surface area contributed by atoms with Crippen molar-refractivity contribution >= 4 is 0 Å². The highest BCUT2D eigenvalue weighted by atomic mass is 16.5. The van der Waals surface area contributed by atoms with Gasteiger partial charge in [-0.2, -0.15) is 0 Å². The molecule has 2 aliphatic heterocycles. The molecule has 3 heteroatoms. The molecule has 0 aromatic rings. The van der Waals surface area contributed by atoms with Gasteiger partial charge in [-0.3, -0.25) is 0 Å². The summed E-state index contributed by atoms with van der Waals surface area (Å²) in [6.07, 6.45) is 6.94. The van der Waals surface area contributed by atoms with Crippen LogP contribution in [0.15, 0.2) is 12.3 Å². The van der Waals surface area contributed by atoms with Crippen molar-refractivity contribution in [1.82, 2.24) is 9.80 Å². The fourth-order valence-electron chi connectivity index (χ4n) is 2.26. The van der Waals surface area contributed by atoms with Crippen molar-refractivity contribution in [3.8, 4) is 0 Å². The number of rotatable bonds is 2. The third-order valence-electron chi connectivity index (χ3n) is 3.15. The third kappa shape index (κ3) is 2.28. The summed E-state index contributed by atoms with van der Waals surface area (Å²) in [5.74, 6) is 0.